The Balaban J connectivity index is 2.48. The van der Waals surface area contributed by atoms with E-state index in [2.05, 4.69) is 0 Å². The fourth-order valence-corrected chi connectivity index (χ4v) is 1.59. The molecule has 1 fully saturated rings. The van der Waals surface area contributed by atoms with E-state index in [-0.39, 0.29) is 5.12 Å². The van der Waals surface area contributed by atoms with Crippen molar-refractivity contribution in [3.8, 4) is 0 Å². The topological polar surface area (TPSA) is 54.4 Å². The van der Waals surface area contributed by atoms with Gasteiger partial charge in [0.1, 0.15) is 5.25 Å². The number of hydrogen-bond acceptors (Lipinski definition) is 3. The molecule has 0 unspecified atom stereocenters. The average Bonchev–Trinajstić information content (AvgIpc) is 2.14. The molecule has 1 N–H and O–H groups in total. The molecule has 0 aromatic rings. The molecule has 1 rings (SSSR count). The lowest BCUT2D eigenvalue weighted by Gasteiger charge is -1.95. The first kappa shape index (κ1) is 6.61. The third kappa shape index (κ3) is 1.45. The number of carboxylic acid groups (broad SMARTS) is 1. The normalized spacial score (nSPS) is 26.7. The van der Waals surface area contributed by atoms with Crippen molar-refractivity contribution in [2.45, 2.75) is 18.1 Å². The Morgan fingerprint density at radius 2 is 2.44 bits per heavy atom. The van der Waals surface area contributed by atoms with Gasteiger partial charge in [-0.1, -0.05) is 11.8 Å². The van der Waals surface area contributed by atoms with Crippen LogP contribution in [0.1, 0.15) is 12.8 Å². The second-order valence-electron chi connectivity index (χ2n) is 1.86. The molecular weight excluding hydrogens is 140 g/mol. The summed E-state index contributed by atoms with van der Waals surface area (Å²) in [6.45, 7) is 0. The summed E-state index contributed by atoms with van der Waals surface area (Å²) in [5.41, 5.74) is 0. The van der Waals surface area contributed by atoms with E-state index in [9.17, 15) is 9.59 Å². The van der Waals surface area contributed by atoms with Gasteiger partial charge in [0, 0.05) is 6.42 Å². The highest BCUT2D eigenvalue weighted by Gasteiger charge is 2.28. The summed E-state index contributed by atoms with van der Waals surface area (Å²) in [5, 5.41) is 7.89. The maximum absolute atomic E-state index is 10.5. The van der Waals surface area contributed by atoms with Crippen LogP contribution in [0.3, 0.4) is 0 Å². The summed E-state index contributed by atoms with van der Waals surface area (Å²) in [5.74, 6) is -0.870. The van der Waals surface area contributed by atoms with Gasteiger partial charge in [0.15, 0.2) is 5.12 Å². The molecule has 1 atom stereocenters. The molecule has 1 aliphatic rings. The van der Waals surface area contributed by atoms with Crippen LogP contribution < -0.4 is 0 Å². The Kier molecular flexibility index (Phi) is 1.75. The minimum absolute atomic E-state index is 0.00222. The van der Waals surface area contributed by atoms with Crippen LogP contribution in [-0.2, 0) is 9.59 Å². The van der Waals surface area contributed by atoms with Crippen molar-refractivity contribution in [3.63, 3.8) is 0 Å². The van der Waals surface area contributed by atoms with Gasteiger partial charge < -0.3 is 5.11 Å². The summed E-state index contributed by atoms with van der Waals surface area (Å²) < 4.78 is 0. The van der Waals surface area contributed by atoms with E-state index < -0.39 is 11.2 Å². The maximum atomic E-state index is 10.5. The van der Waals surface area contributed by atoms with E-state index in [4.69, 9.17) is 5.11 Å². The van der Waals surface area contributed by atoms with Gasteiger partial charge in [-0.2, -0.15) is 0 Å². The Bertz CT molecular complexity index is 154. The van der Waals surface area contributed by atoms with Crippen LogP contribution in [0.15, 0.2) is 0 Å². The predicted octanol–water partition coefficient (Wildman–Crippen LogP) is 0.493. The van der Waals surface area contributed by atoms with Gasteiger partial charge >= 0.3 is 5.97 Å². The lowest BCUT2D eigenvalue weighted by molar-refractivity contribution is -0.136. The molecule has 0 amide bonds. The maximum Gasteiger partial charge on any atom is 0.317 e. The lowest BCUT2D eigenvalue weighted by Crippen LogP contribution is -2.11. The number of carbonyl (C=O) groups excluding carboxylic acids is 1. The van der Waals surface area contributed by atoms with Crippen molar-refractivity contribution >= 4 is 22.8 Å². The van der Waals surface area contributed by atoms with Crippen molar-refractivity contribution < 1.29 is 14.7 Å². The molecule has 4 heteroatoms. The van der Waals surface area contributed by atoms with Crippen molar-refractivity contribution in [2.75, 3.05) is 0 Å². The standard InChI is InChI=1S/C5H6O3S/c6-4-2-1-3(9-4)5(7)8/h3H,1-2H2,(H,7,8)/t3-/m1/s1. The molecule has 1 saturated heterocycles. The first-order valence-corrected chi connectivity index (χ1v) is 3.50. The minimum Gasteiger partial charge on any atom is -0.480 e. The van der Waals surface area contributed by atoms with Crippen molar-refractivity contribution in [3.05, 3.63) is 0 Å². The number of carboxylic acids is 1. The van der Waals surface area contributed by atoms with E-state index in [0.717, 1.165) is 11.8 Å². The van der Waals surface area contributed by atoms with Crippen LogP contribution in [0.4, 0.5) is 0 Å². The van der Waals surface area contributed by atoms with Gasteiger partial charge in [-0.25, -0.2) is 0 Å². The Hall–Kier alpha value is -0.510. The van der Waals surface area contributed by atoms with Gasteiger partial charge in [0.05, 0.1) is 0 Å². The number of carbonyl (C=O) groups is 2. The zero-order valence-corrected chi connectivity index (χ0v) is 5.48. The molecule has 0 saturated carbocycles. The molecule has 0 spiro atoms. The van der Waals surface area contributed by atoms with Crippen LogP contribution in [0.25, 0.3) is 0 Å². The molecule has 0 aliphatic carbocycles. The Labute approximate surface area is 56.4 Å². The minimum atomic E-state index is -0.870. The molecule has 0 bridgehead atoms. The van der Waals surface area contributed by atoms with Crippen LogP contribution >= 0.6 is 11.8 Å². The molecule has 0 aromatic carbocycles. The first-order valence-electron chi connectivity index (χ1n) is 2.62. The summed E-state index contributed by atoms with van der Waals surface area (Å²) in [6.07, 6.45) is 0.917. The van der Waals surface area contributed by atoms with Crippen LogP contribution in [0.5, 0.6) is 0 Å². The predicted molar refractivity (Wildman–Crippen MR) is 33.3 cm³/mol. The second kappa shape index (κ2) is 2.39. The van der Waals surface area contributed by atoms with Gasteiger partial charge in [0.25, 0.3) is 0 Å². The summed E-state index contributed by atoms with van der Waals surface area (Å²) in [4.78, 5) is 20.6. The van der Waals surface area contributed by atoms with E-state index in [1.807, 2.05) is 0 Å². The summed E-state index contributed by atoms with van der Waals surface area (Å²) in [7, 11) is 0. The SMILES string of the molecule is O=C1CC[C@H](C(=O)O)S1. The number of aliphatic carboxylic acids is 1. The highest BCUT2D eigenvalue weighted by atomic mass is 32.2. The lowest BCUT2D eigenvalue weighted by atomic mass is 10.2. The summed E-state index contributed by atoms with van der Waals surface area (Å²) in [6, 6.07) is 0. The average molecular weight is 146 g/mol. The highest BCUT2D eigenvalue weighted by Crippen LogP contribution is 2.27. The molecule has 50 valence electrons. The van der Waals surface area contributed by atoms with Crippen molar-refractivity contribution in [1.82, 2.24) is 0 Å². The number of rotatable bonds is 1. The molecule has 1 heterocycles. The third-order valence-electron chi connectivity index (χ3n) is 1.16. The van der Waals surface area contributed by atoms with E-state index in [0.29, 0.717) is 12.8 Å². The van der Waals surface area contributed by atoms with Gasteiger partial charge in [-0.15, -0.1) is 0 Å². The quantitative estimate of drug-likeness (QED) is 0.585. The van der Waals surface area contributed by atoms with Crippen LogP contribution in [-0.4, -0.2) is 21.4 Å². The number of thioether (sulfide) groups is 1. The van der Waals surface area contributed by atoms with Gasteiger partial charge in [0.2, 0.25) is 0 Å². The smallest absolute Gasteiger partial charge is 0.317 e. The van der Waals surface area contributed by atoms with Gasteiger partial charge in [-0.3, -0.25) is 9.59 Å². The van der Waals surface area contributed by atoms with Gasteiger partial charge in [-0.05, 0) is 6.42 Å². The fourth-order valence-electron chi connectivity index (χ4n) is 0.699. The zero-order valence-electron chi connectivity index (χ0n) is 4.66. The highest BCUT2D eigenvalue weighted by molar-refractivity contribution is 8.15. The largest absolute Gasteiger partial charge is 0.480 e. The van der Waals surface area contributed by atoms with Crippen molar-refractivity contribution in [1.29, 1.82) is 0 Å². The van der Waals surface area contributed by atoms with Crippen LogP contribution in [0.2, 0.25) is 0 Å². The molecule has 0 radical (unpaired) electrons. The first-order chi connectivity index (χ1) is 4.20. The van der Waals surface area contributed by atoms with Crippen molar-refractivity contribution in [2.24, 2.45) is 0 Å². The second-order valence-corrected chi connectivity index (χ2v) is 3.12. The molecule has 1 aliphatic heterocycles. The molecule has 9 heavy (non-hydrogen) atoms. The van der Waals surface area contributed by atoms with E-state index in [1.54, 1.807) is 0 Å². The Morgan fingerprint density at radius 1 is 1.78 bits per heavy atom. The van der Waals surface area contributed by atoms with Crippen LogP contribution in [0, 0.1) is 0 Å². The molecule has 3 nitrogen and oxygen atoms in total. The molecule has 0 aromatic heterocycles. The number of hydrogen-bond donors (Lipinski definition) is 1. The fraction of sp³-hybridized carbons (Fsp3) is 0.600. The third-order valence-corrected chi connectivity index (χ3v) is 2.35. The zero-order chi connectivity index (χ0) is 6.85. The summed E-state index contributed by atoms with van der Waals surface area (Å²) >= 11 is 0.935. The Morgan fingerprint density at radius 3 is 2.67 bits per heavy atom. The molecular formula is C5H6O3S. The monoisotopic (exact) mass is 146 g/mol. The van der Waals surface area contributed by atoms with E-state index in [1.165, 1.54) is 0 Å². The van der Waals surface area contributed by atoms with E-state index >= 15 is 0 Å².